The molecule has 2 atom stereocenters. The van der Waals surface area contributed by atoms with Crippen molar-refractivity contribution in [3.05, 3.63) is 23.9 Å². The van der Waals surface area contributed by atoms with Crippen molar-refractivity contribution in [2.45, 2.75) is 45.1 Å². The van der Waals surface area contributed by atoms with E-state index in [9.17, 15) is 16.8 Å². The van der Waals surface area contributed by atoms with Gasteiger partial charge in [-0.2, -0.15) is 17.0 Å². The molecule has 11 heteroatoms. The van der Waals surface area contributed by atoms with Gasteiger partial charge in [-0.3, -0.25) is 0 Å². The third kappa shape index (κ3) is 6.25. The van der Waals surface area contributed by atoms with Crippen LogP contribution in [-0.4, -0.2) is 74.7 Å². The van der Waals surface area contributed by atoms with Crippen LogP contribution in [0.15, 0.2) is 18.3 Å². The van der Waals surface area contributed by atoms with E-state index in [1.807, 2.05) is 12.1 Å². The lowest BCUT2D eigenvalue weighted by Gasteiger charge is -2.43. The van der Waals surface area contributed by atoms with Gasteiger partial charge in [0.25, 0.3) is 10.2 Å². The van der Waals surface area contributed by atoms with Crippen LogP contribution in [0.2, 0.25) is 0 Å². The molecular formula is C22H36N4O5S2. The van der Waals surface area contributed by atoms with E-state index in [-0.39, 0.29) is 30.5 Å². The van der Waals surface area contributed by atoms with E-state index in [4.69, 9.17) is 10.5 Å². The van der Waals surface area contributed by atoms with Gasteiger partial charge in [-0.1, -0.05) is 32.1 Å². The standard InChI is InChI=1S/C22H36N4O5S2/c23-14-18-6-7-24-22(13-18)31-17-19-12-21(20-4-2-1-3-5-20)16-26(15-19)33(29,30)25-8-10-32(27,28)11-9-25/h6-7,13,19-21H,1-5,8-12,14-17,23H2/t19-,21+/m1/s1. The van der Waals surface area contributed by atoms with Crippen LogP contribution in [0.25, 0.3) is 0 Å². The van der Waals surface area contributed by atoms with Crippen molar-refractivity contribution in [1.29, 1.82) is 0 Å². The van der Waals surface area contributed by atoms with Gasteiger partial charge in [-0.25, -0.2) is 13.4 Å². The molecule has 9 nitrogen and oxygen atoms in total. The summed E-state index contributed by atoms with van der Waals surface area (Å²) < 4.78 is 59.5. The Bertz CT molecular complexity index is 997. The second-order valence-corrected chi connectivity index (χ2v) is 13.9. The summed E-state index contributed by atoms with van der Waals surface area (Å²) in [7, 11) is -6.87. The molecule has 0 bridgehead atoms. The first-order valence-electron chi connectivity index (χ1n) is 12.0. The minimum atomic E-state index is -3.72. The molecule has 0 spiro atoms. The van der Waals surface area contributed by atoms with E-state index in [1.54, 1.807) is 10.5 Å². The van der Waals surface area contributed by atoms with Gasteiger partial charge in [-0.15, -0.1) is 0 Å². The number of hydrogen-bond donors (Lipinski definition) is 1. The second kappa shape index (κ2) is 10.6. The summed E-state index contributed by atoms with van der Waals surface area (Å²) in [5, 5.41) is 0. The van der Waals surface area contributed by atoms with Crippen molar-refractivity contribution in [3.63, 3.8) is 0 Å². The lowest BCUT2D eigenvalue weighted by molar-refractivity contribution is 0.0924. The number of sulfone groups is 1. The molecule has 2 N–H and O–H groups in total. The number of pyridine rings is 1. The van der Waals surface area contributed by atoms with Crippen LogP contribution >= 0.6 is 0 Å². The molecule has 1 saturated carbocycles. The fraction of sp³-hybridized carbons (Fsp3) is 0.773. The number of rotatable bonds is 7. The highest BCUT2D eigenvalue weighted by Gasteiger charge is 2.41. The van der Waals surface area contributed by atoms with Gasteiger partial charge in [0.1, 0.15) is 0 Å². The second-order valence-electron chi connectivity index (χ2n) is 9.65. The summed E-state index contributed by atoms with van der Waals surface area (Å²) in [6, 6.07) is 3.67. The topological polar surface area (TPSA) is 123 Å². The van der Waals surface area contributed by atoms with E-state index in [0.29, 0.717) is 44.0 Å². The van der Waals surface area contributed by atoms with E-state index in [1.165, 1.54) is 23.6 Å². The van der Waals surface area contributed by atoms with Crippen molar-refractivity contribution in [3.8, 4) is 5.88 Å². The zero-order valence-corrected chi connectivity index (χ0v) is 20.8. The van der Waals surface area contributed by atoms with Crippen LogP contribution in [0.4, 0.5) is 0 Å². The van der Waals surface area contributed by atoms with E-state index in [0.717, 1.165) is 24.8 Å². The molecule has 0 amide bonds. The molecule has 1 aromatic rings. The quantitative estimate of drug-likeness (QED) is 0.600. The molecule has 3 heterocycles. The maximum Gasteiger partial charge on any atom is 0.282 e. The summed E-state index contributed by atoms with van der Waals surface area (Å²) in [6.45, 7) is 1.76. The number of piperidine rings is 1. The fourth-order valence-corrected chi connectivity index (χ4v) is 8.59. The van der Waals surface area contributed by atoms with Gasteiger partial charge in [0.05, 0.1) is 18.1 Å². The van der Waals surface area contributed by atoms with Crippen molar-refractivity contribution < 1.29 is 21.6 Å². The highest BCUT2D eigenvalue weighted by atomic mass is 32.2. The third-order valence-electron chi connectivity index (χ3n) is 7.31. The van der Waals surface area contributed by atoms with Gasteiger partial charge in [0, 0.05) is 50.9 Å². The highest BCUT2D eigenvalue weighted by Crippen LogP contribution is 2.37. The first-order chi connectivity index (χ1) is 15.8. The van der Waals surface area contributed by atoms with Gasteiger partial charge in [-0.05, 0) is 29.9 Å². The minimum absolute atomic E-state index is 0.0340. The first-order valence-corrected chi connectivity index (χ1v) is 15.2. The summed E-state index contributed by atoms with van der Waals surface area (Å²) in [6.07, 6.45) is 8.56. The number of ether oxygens (including phenoxy) is 1. The Morgan fingerprint density at radius 2 is 1.79 bits per heavy atom. The Morgan fingerprint density at radius 3 is 2.48 bits per heavy atom. The molecular weight excluding hydrogens is 464 g/mol. The number of nitrogens with two attached hydrogens (primary N) is 1. The summed E-state index contributed by atoms with van der Waals surface area (Å²) in [4.78, 5) is 4.26. The predicted molar refractivity (Wildman–Crippen MR) is 127 cm³/mol. The van der Waals surface area contributed by atoms with Gasteiger partial charge >= 0.3 is 0 Å². The summed E-state index contributed by atoms with van der Waals surface area (Å²) in [5.74, 6) is 1.16. The summed E-state index contributed by atoms with van der Waals surface area (Å²) >= 11 is 0. The predicted octanol–water partition coefficient (Wildman–Crippen LogP) is 1.41. The largest absolute Gasteiger partial charge is 0.477 e. The maximum atomic E-state index is 13.5. The van der Waals surface area contributed by atoms with Crippen LogP contribution in [0.1, 0.15) is 44.1 Å². The van der Waals surface area contributed by atoms with E-state index < -0.39 is 20.0 Å². The molecule has 3 aliphatic rings. The van der Waals surface area contributed by atoms with E-state index >= 15 is 0 Å². The lowest BCUT2D eigenvalue weighted by Crippen LogP contribution is -2.55. The zero-order chi connectivity index (χ0) is 23.5. The fourth-order valence-electron chi connectivity index (χ4n) is 5.41. The number of hydrogen-bond acceptors (Lipinski definition) is 7. The Labute approximate surface area is 197 Å². The van der Waals surface area contributed by atoms with Gasteiger partial charge in [0.15, 0.2) is 9.84 Å². The molecule has 2 saturated heterocycles. The lowest BCUT2D eigenvalue weighted by atomic mass is 9.75. The third-order valence-corrected chi connectivity index (χ3v) is 10.9. The van der Waals surface area contributed by atoms with Crippen LogP contribution in [0, 0.1) is 17.8 Å². The maximum absolute atomic E-state index is 13.5. The normalized spacial score (nSPS) is 27.9. The molecule has 1 aromatic heterocycles. The van der Waals surface area contributed by atoms with Crippen LogP contribution in [0.5, 0.6) is 5.88 Å². The summed E-state index contributed by atoms with van der Waals surface area (Å²) in [5.41, 5.74) is 6.65. The minimum Gasteiger partial charge on any atom is -0.477 e. The Morgan fingerprint density at radius 1 is 1.06 bits per heavy atom. The van der Waals surface area contributed by atoms with Gasteiger partial charge < -0.3 is 10.5 Å². The zero-order valence-electron chi connectivity index (χ0n) is 19.1. The van der Waals surface area contributed by atoms with Crippen molar-refractivity contribution >= 4 is 20.0 Å². The van der Waals surface area contributed by atoms with Crippen molar-refractivity contribution in [2.24, 2.45) is 23.5 Å². The molecule has 3 fully saturated rings. The first kappa shape index (κ1) is 24.8. The number of nitrogens with zero attached hydrogens (tertiary/aromatic N) is 3. The van der Waals surface area contributed by atoms with Crippen LogP contribution < -0.4 is 10.5 Å². The SMILES string of the molecule is NCc1ccnc(OC[C@@H]2C[C@H](C3CCCCC3)CN(S(=O)(=O)N3CCS(=O)(=O)CC3)C2)c1. The number of aromatic nitrogens is 1. The molecule has 0 aromatic carbocycles. The van der Waals surface area contributed by atoms with Gasteiger partial charge in [0.2, 0.25) is 5.88 Å². The molecule has 0 radical (unpaired) electrons. The molecule has 2 aliphatic heterocycles. The monoisotopic (exact) mass is 500 g/mol. The van der Waals surface area contributed by atoms with Crippen LogP contribution in [-0.2, 0) is 26.6 Å². The Kier molecular flexibility index (Phi) is 7.95. The molecule has 1 aliphatic carbocycles. The van der Waals surface area contributed by atoms with E-state index in [2.05, 4.69) is 4.98 Å². The van der Waals surface area contributed by atoms with Crippen LogP contribution in [0.3, 0.4) is 0 Å². The highest BCUT2D eigenvalue weighted by molar-refractivity contribution is 7.91. The molecule has 4 rings (SSSR count). The molecule has 33 heavy (non-hydrogen) atoms. The van der Waals surface area contributed by atoms with Crippen molar-refractivity contribution in [2.75, 3.05) is 44.3 Å². The Hall–Kier alpha value is -1.27. The average molecular weight is 501 g/mol. The Balaban J connectivity index is 1.48. The molecule has 0 unspecified atom stereocenters. The smallest absolute Gasteiger partial charge is 0.282 e. The van der Waals surface area contributed by atoms with Crippen molar-refractivity contribution in [1.82, 2.24) is 13.6 Å². The molecule has 186 valence electrons. The average Bonchev–Trinajstić information content (AvgIpc) is 2.83.